The van der Waals surface area contributed by atoms with E-state index in [0.717, 1.165) is 45.9 Å². The average Bonchev–Trinajstić information content (AvgIpc) is 3.21. The number of hydrogen-bond donors (Lipinski definition) is 0. The number of thiophene rings is 2. The van der Waals surface area contributed by atoms with Crippen LogP contribution in [0.5, 0.6) is 0 Å². The van der Waals surface area contributed by atoms with E-state index in [0.29, 0.717) is 0 Å². The smallest absolute Gasteiger partial charge is 0.0594 e. The van der Waals surface area contributed by atoms with E-state index in [-0.39, 0.29) is 0 Å². The molecule has 0 amide bonds. The second-order valence-electron chi connectivity index (χ2n) is 6.18. The first kappa shape index (κ1) is 17.1. The van der Waals surface area contributed by atoms with Crippen molar-refractivity contribution in [3.8, 4) is 0 Å². The number of aryl methyl sites for hydroxylation is 1. The number of nitrogens with zero attached hydrogens (tertiary/aromatic N) is 2. The molecule has 0 radical (unpaired) electrons. The highest BCUT2D eigenvalue weighted by atomic mass is 32.1. The molecule has 23 heavy (non-hydrogen) atoms. The Morgan fingerprint density at radius 2 is 2.04 bits per heavy atom. The number of ether oxygens (including phenoxy) is 1. The standard InChI is InChI=1S/C18H26N2OS2/c1-16-3-12-23-18(16)14-20(13-17-4-11-22-15-17)6-2-5-19-7-9-21-10-8-19/h3-4,11-12,15H,2,5-10,13-14H2,1H3. The van der Waals surface area contributed by atoms with Crippen LogP contribution in [0.2, 0.25) is 0 Å². The molecule has 5 heteroatoms. The number of hydrogen-bond acceptors (Lipinski definition) is 5. The summed E-state index contributed by atoms with van der Waals surface area (Å²) in [5.74, 6) is 0. The molecule has 0 bridgehead atoms. The Kier molecular flexibility index (Phi) is 6.66. The third-order valence-corrected chi connectivity index (χ3v) is 6.11. The van der Waals surface area contributed by atoms with Crippen molar-refractivity contribution in [3.63, 3.8) is 0 Å². The minimum Gasteiger partial charge on any atom is -0.379 e. The predicted octanol–water partition coefficient (Wildman–Crippen LogP) is 3.84. The highest BCUT2D eigenvalue weighted by molar-refractivity contribution is 7.10. The van der Waals surface area contributed by atoms with Crippen molar-refractivity contribution >= 4 is 22.7 Å². The summed E-state index contributed by atoms with van der Waals surface area (Å²) in [6.45, 7) is 10.7. The van der Waals surface area contributed by atoms with Crippen LogP contribution >= 0.6 is 22.7 Å². The molecular formula is C18H26N2OS2. The Morgan fingerprint density at radius 1 is 1.17 bits per heavy atom. The van der Waals surface area contributed by atoms with Crippen LogP contribution in [0.3, 0.4) is 0 Å². The van der Waals surface area contributed by atoms with Crippen molar-refractivity contribution in [3.05, 3.63) is 44.3 Å². The molecule has 0 N–H and O–H groups in total. The van der Waals surface area contributed by atoms with E-state index in [1.54, 1.807) is 11.3 Å². The summed E-state index contributed by atoms with van der Waals surface area (Å²) in [6.07, 6.45) is 1.23. The van der Waals surface area contributed by atoms with Gasteiger partial charge in [0.2, 0.25) is 0 Å². The van der Waals surface area contributed by atoms with Gasteiger partial charge in [-0.15, -0.1) is 11.3 Å². The fourth-order valence-electron chi connectivity index (χ4n) is 2.97. The minimum absolute atomic E-state index is 0.896. The molecule has 0 atom stereocenters. The molecule has 0 saturated carbocycles. The number of rotatable bonds is 8. The summed E-state index contributed by atoms with van der Waals surface area (Å²) in [6, 6.07) is 4.48. The van der Waals surface area contributed by atoms with Crippen LogP contribution in [-0.4, -0.2) is 49.2 Å². The quantitative estimate of drug-likeness (QED) is 0.719. The summed E-state index contributed by atoms with van der Waals surface area (Å²) < 4.78 is 5.43. The van der Waals surface area contributed by atoms with Crippen molar-refractivity contribution < 1.29 is 4.74 Å². The normalized spacial score (nSPS) is 16.3. The first-order valence-corrected chi connectivity index (χ1v) is 10.2. The zero-order valence-electron chi connectivity index (χ0n) is 13.9. The van der Waals surface area contributed by atoms with Gasteiger partial charge in [0.05, 0.1) is 13.2 Å². The SMILES string of the molecule is Cc1ccsc1CN(CCCN1CCOCC1)Cc1ccsc1. The van der Waals surface area contributed by atoms with Gasteiger partial charge in [-0.25, -0.2) is 0 Å². The second-order valence-corrected chi connectivity index (χ2v) is 7.96. The van der Waals surface area contributed by atoms with Gasteiger partial charge in [0.25, 0.3) is 0 Å². The van der Waals surface area contributed by atoms with Crippen LogP contribution in [-0.2, 0) is 17.8 Å². The predicted molar refractivity (Wildman–Crippen MR) is 99.4 cm³/mol. The molecule has 0 spiro atoms. The van der Waals surface area contributed by atoms with Gasteiger partial charge in [-0.3, -0.25) is 9.80 Å². The van der Waals surface area contributed by atoms with Gasteiger partial charge in [-0.05, 0) is 59.3 Å². The summed E-state index contributed by atoms with van der Waals surface area (Å²) in [4.78, 5) is 6.64. The first-order chi connectivity index (χ1) is 11.3. The zero-order valence-corrected chi connectivity index (χ0v) is 15.5. The van der Waals surface area contributed by atoms with Crippen molar-refractivity contribution in [1.82, 2.24) is 9.80 Å². The van der Waals surface area contributed by atoms with E-state index in [1.807, 2.05) is 11.3 Å². The lowest BCUT2D eigenvalue weighted by Crippen LogP contribution is -2.38. The van der Waals surface area contributed by atoms with Gasteiger partial charge in [0.15, 0.2) is 0 Å². The molecule has 2 aromatic rings. The Hall–Kier alpha value is -0.720. The molecule has 0 aromatic carbocycles. The Balaban J connectivity index is 1.52. The highest BCUT2D eigenvalue weighted by Crippen LogP contribution is 2.20. The Labute approximate surface area is 147 Å². The summed E-state index contributed by atoms with van der Waals surface area (Å²) >= 11 is 3.68. The Bertz CT molecular complexity index is 561. The molecule has 1 saturated heterocycles. The Morgan fingerprint density at radius 3 is 2.74 bits per heavy atom. The van der Waals surface area contributed by atoms with Crippen LogP contribution in [0, 0.1) is 6.92 Å². The minimum atomic E-state index is 0.896. The fraction of sp³-hybridized carbons (Fsp3) is 0.556. The van der Waals surface area contributed by atoms with Crippen molar-refractivity contribution in [2.75, 3.05) is 39.4 Å². The summed E-state index contributed by atoms with van der Waals surface area (Å²) in [5, 5.41) is 6.66. The van der Waals surface area contributed by atoms with Gasteiger partial charge < -0.3 is 4.74 Å². The summed E-state index contributed by atoms with van der Waals surface area (Å²) in [7, 11) is 0. The average molecular weight is 351 g/mol. The van der Waals surface area contributed by atoms with E-state index in [9.17, 15) is 0 Å². The van der Waals surface area contributed by atoms with E-state index in [1.165, 1.54) is 29.0 Å². The van der Waals surface area contributed by atoms with Crippen LogP contribution in [0.1, 0.15) is 22.4 Å². The molecule has 0 aliphatic carbocycles. The van der Waals surface area contributed by atoms with E-state index < -0.39 is 0 Å². The van der Waals surface area contributed by atoms with Crippen molar-refractivity contribution in [2.24, 2.45) is 0 Å². The fourth-order valence-corrected chi connectivity index (χ4v) is 4.57. The molecule has 2 aromatic heterocycles. The second kappa shape index (κ2) is 8.94. The maximum atomic E-state index is 5.43. The molecular weight excluding hydrogens is 324 g/mol. The molecule has 126 valence electrons. The summed E-state index contributed by atoms with van der Waals surface area (Å²) in [5.41, 5.74) is 2.87. The van der Waals surface area contributed by atoms with Gasteiger partial charge in [-0.2, -0.15) is 11.3 Å². The maximum Gasteiger partial charge on any atom is 0.0594 e. The van der Waals surface area contributed by atoms with Gasteiger partial charge in [0, 0.05) is 37.6 Å². The third kappa shape index (κ3) is 5.40. The highest BCUT2D eigenvalue weighted by Gasteiger charge is 2.13. The monoisotopic (exact) mass is 350 g/mol. The molecule has 1 aliphatic rings. The van der Waals surface area contributed by atoms with Gasteiger partial charge in [-0.1, -0.05) is 0 Å². The molecule has 0 unspecified atom stereocenters. The van der Waals surface area contributed by atoms with Crippen LogP contribution in [0.4, 0.5) is 0 Å². The van der Waals surface area contributed by atoms with Crippen molar-refractivity contribution in [2.45, 2.75) is 26.4 Å². The van der Waals surface area contributed by atoms with E-state index in [4.69, 9.17) is 4.74 Å². The molecule has 1 fully saturated rings. The maximum absolute atomic E-state index is 5.43. The lowest BCUT2D eigenvalue weighted by atomic mass is 10.2. The van der Waals surface area contributed by atoms with Crippen LogP contribution < -0.4 is 0 Å². The molecule has 3 nitrogen and oxygen atoms in total. The number of morpholine rings is 1. The molecule has 3 rings (SSSR count). The van der Waals surface area contributed by atoms with Crippen LogP contribution in [0.25, 0.3) is 0 Å². The van der Waals surface area contributed by atoms with E-state index in [2.05, 4.69) is 45.0 Å². The molecule has 1 aliphatic heterocycles. The lowest BCUT2D eigenvalue weighted by molar-refractivity contribution is 0.0359. The largest absolute Gasteiger partial charge is 0.379 e. The molecule has 3 heterocycles. The topological polar surface area (TPSA) is 15.7 Å². The van der Waals surface area contributed by atoms with E-state index >= 15 is 0 Å². The van der Waals surface area contributed by atoms with Gasteiger partial charge >= 0.3 is 0 Å². The van der Waals surface area contributed by atoms with Crippen LogP contribution in [0.15, 0.2) is 28.3 Å². The lowest BCUT2D eigenvalue weighted by Gasteiger charge is -2.28. The van der Waals surface area contributed by atoms with Crippen molar-refractivity contribution in [1.29, 1.82) is 0 Å². The van der Waals surface area contributed by atoms with Gasteiger partial charge in [0.1, 0.15) is 0 Å². The first-order valence-electron chi connectivity index (χ1n) is 8.38. The third-order valence-electron chi connectivity index (χ3n) is 4.37. The zero-order chi connectivity index (χ0) is 15.9.